The third kappa shape index (κ3) is 8.18. The number of ether oxygens (including phenoxy) is 2. The van der Waals surface area contributed by atoms with Gasteiger partial charge in [0.25, 0.3) is 5.56 Å². The van der Waals surface area contributed by atoms with Gasteiger partial charge in [-0.25, -0.2) is 9.78 Å². The molecule has 54 heavy (non-hydrogen) atoms. The first-order valence-corrected chi connectivity index (χ1v) is 18.8. The summed E-state index contributed by atoms with van der Waals surface area (Å²) in [4.78, 5) is 81.6. The minimum absolute atomic E-state index is 0.0449. The Morgan fingerprint density at radius 2 is 1.81 bits per heavy atom. The second kappa shape index (κ2) is 16.5. The molecule has 3 aromatic rings. The summed E-state index contributed by atoms with van der Waals surface area (Å²) in [6, 6.07) is 5.68. The summed E-state index contributed by atoms with van der Waals surface area (Å²) in [6.07, 6.45) is 5.54. The number of fused-ring (bicyclic) bond motifs is 5. The van der Waals surface area contributed by atoms with E-state index in [1.807, 2.05) is 6.92 Å². The van der Waals surface area contributed by atoms with Crippen molar-refractivity contribution in [2.75, 3.05) is 6.54 Å². The Kier molecular flexibility index (Phi) is 12.2. The van der Waals surface area contributed by atoms with E-state index in [1.54, 1.807) is 49.6 Å². The van der Waals surface area contributed by atoms with Crippen LogP contribution >= 0.6 is 0 Å². The number of hydrogen-bond acceptors (Lipinski definition) is 10. The summed E-state index contributed by atoms with van der Waals surface area (Å²) in [6.45, 7) is 9.25. The van der Waals surface area contributed by atoms with Crippen LogP contribution < -0.4 is 26.7 Å². The maximum absolute atomic E-state index is 13.7. The van der Waals surface area contributed by atoms with Gasteiger partial charge < -0.3 is 35.5 Å². The standard InChI is InChI=1S/C40H51N5O9/c1-6-9-10-11-12-13-33(47)43-30(20-32(41)46)35(48)42-17-16-39(4,5)37(50)54-23-14-15-29-25(18-23)24(7-2)26-21-45-31(34(26)44-29)19-28-27(36(45)49)22-53-38(51)40(28,52)8-3/h14-15,18-19,30,52H,6-13,16-17,20-22H2,1-5H3,(H2,41,46)(H,42,48)(H,43,47)/t30?,40-/m0/s1. The first-order chi connectivity index (χ1) is 25.6. The number of cyclic esters (lactones) is 1. The predicted molar refractivity (Wildman–Crippen MR) is 200 cm³/mol. The highest BCUT2D eigenvalue weighted by molar-refractivity contribution is 5.92. The Hall–Kier alpha value is -5.11. The molecule has 2 aliphatic rings. The van der Waals surface area contributed by atoms with Gasteiger partial charge >= 0.3 is 11.9 Å². The zero-order chi connectivity index (χ0) is 39.4. The normalized spacial score (nSPS) is 16.5. The number of nitrogens with two attached hydrogens (primary N) is 1. The Labute approximate surface area is 314 Å². The Bertz CT molecular complexity index is 2040. The van der Waals surface area contributed by atoms with Crippen molar-refractivity contribution >= 4 is 40.6 Å². The van der Waals surface area contributed by atoms with Crippen molar-refractivity contribution in [1.29, 1.82) is 0 Å². The fraction of sp³-hybridized carbons (Fsp3) is 0.525. The van der Waals surface area contributed by atoms with E-state index in [4.69, 9.17) is 20.2 Å². The summed E-state index contributed by atoms with van der Waals surface area (Å²) < 4.78 is 12.6. The number of aliphatic hydroxyl groups is 1. The highest BCUT2D eigenvalue weighted by Gasteiger charge is 2.45. The molecule has 2 aliphatic heterocycles. The number of benzene rings is 1. The highest BCUT2D eigenvalue weighted by Crippen LogP contribution is 2.41. The fourth-order valence-corrected chi connectivity index (χ4v) is 7.14. The number of carbonyl (C=O) groups is 5. The molecule has 14 nitrogen and oxygen atoms in total. The lowest BCUT2D eigenvalue weighted by Gasteiger charge is -2.31. The van der Waals surface area contributed by atoms with Crippen LogP contribution in [0.1, 0.15) is 115 Å². The molecule has 2 aromatic heterocycles. The molecule has 5 rings (SSSR count). The van der Waals surface area contributed by atoms with Crippen LogP contribution in [-0.4, -0.2) is 56.9 Å². The molecule has 0 aliphatic carbocycles. The molecule has 0 fully saturated rings. The van der Waals surface area contributed by atoms with E-state index in [0.717, 1.165) is 42.2 Å². The van der Waals surface area contributed by atoms with Gasteiger partial charge in [0.05, 0.1) is 40.8 Å². The third-order valence-corrected chi connectivity index (χ3v) is 10.5. The van der Waals surface area contributed by atoms with Crippen molar-refractivity contribution in [3.8, 4) is 17.1 Å². The Balaban J connectivity index is 1.27. The maximum Gasteiger partial charge on any atom is 0.343 e. The van der Waals surface area contributed by atoms with Crippen LogP contribution in [0, 0.1) is 5.41 Å². The molecule has 0 spiro atoms. The van der Waals surface area contributed by atoms with Crippen molar-refractivity contribution in [2.45, 2.75) is 124 Å². The van der Waals surface area contributed by atoms with Crippen LogP contribution in [0.5, 0.6) is 5.75 Å². The molecule has 2 atom stereocenters. The van der Waals surface area contributed by atoms with E-state index in [2.05, 4.69) is 17.6 Å². The second-order valence-electron chi connectivity index (χ2n) is 14.8. The molecule has 290 valence electrons. The van der Waals surface area contributed by atoms with Gasteiger partial charge in [-0.15, -0.1) is 0 Å². The summed E-state index contributed by atoms with van der Waals surface area (Å²) in [5.74, 6) is -2.63. The summed E-state index contributed by atoms with van der Waals surface area (Å²) in [5.41, 5.74) is 6.00. The minimum Gasteiger partial charge on any atom is -0.458 e. The average molecular weight is 746 g/mol. The van der Waals surface area contributed by atoms with Crippen LogP contribution in [0.15, 0.2) is 29.1 Å². The molecule has 0 radical (unpaired) electrons. The van der Waals surface area contributed by atoms with Gasteiger partial charge in [0.2, 0.25) is 17.7 Å². The summed E-state index contributed by atoms with van der Waals surface area (Å²) in [5, 5.41) is 17.3. The van der Waals surface area contributed by atoms with Crippen LogP contribution in [0.2, 0.25) is 0 Å². The predicted octanol–water partition coefficient (Wildman–Crippen LogP) is 3.80. The molecule has 0 bridgehead atoms. The number of rotatable bonds is 17. The first kappa shape index (κ1) is 40.1. The van der Waals surface area contributed by atoms with Crippen molar-refractivity contribution in [1.82, 2.24) is 20.2 Å². The van der Waals surface area contributed by atoms with Crippen LogP contribution in [-0.2, 0) is 53.9 Å². The van der Waals surface area contributed by atoms with Crippen molar-refractivity contribution < 1.29 is 38.6 Å². The van der Waals surface area contributed by atoms with E-state index in [1.165, 1.54) is 0 Å². The molecule has 1 unspecified atom stereocenters. The third-order valence-electron chi connectivity index (χ3n) is 10.5. The van der Waals surface area contributed by atoms with Crippen LogP contribution in [0.4, 0.5) is 0 Å². The number of amides is 3. The summed E-state index contributed by atoms with van der Waals surface area (Å²) in [7, 11) is 0. The maximum atomic E-state index is 13.7. The molecule has 4 heterocycles. The Morgan fingerprint density at radius 3 is 2.50 bits per heavy atom. The van der Waals surface area contributed by atoms with Gasteiger partial charge in [-0.05, 0) is 69.4 Å². The number of primary amides is 1. The monoisotopic (exact) mass is 745 g/mol. The topological polar surface area (TPSA) is 209 Å². The second-order valence-corrected chi connectivity index (χ2v) is 14.8. The largest absolute Gasteiger partial charge is 0.458 e. The van der Waals surface area contributed by atoms with Crippen LogP contribution in [0.25, 0.3) is 22.3 Å². The van der Waals surface area contributed by atoms with E-state index < -0.39 is 40.8 Å². The number of esters is 2. The van der Waals surface area contributed by atoms with Gasteiger partial charge in [0.15, 0.2) is 5.60 Å². The molecule has 5 N–H and O–H groups in total. The highest BCUT2D eigenvalue weighted by atomic mass is 16.6. The van der Waals surface area contributed by atoms with Gasteiger partial charge in [0, 0.05) is 29.5 Å². The number of aryl methyl sites for hydroxylation is 1. The van der Waals surface area contributed by atoms with Gasteiger partial charge in [0.1, 0.15) is 18.4 Å². The number of nitrogens with one attached hydrogen (secondary N) is 2. The van der Waals surface area contributed by atoms with Gasteiger partial charge in [-0.1, -0.05) is 46.5 Å². The lowest BCUT2D eigenvalue weighted by Crippen LogP contribution is -2.49. The van der Waals surface area contributed by atoms with Gasteiger partial charge in [-0.2, -0.15) is 0 Å². The molecule has 0 saturated carbocycles. The smallest absolute Gasteiger partial charge is 0.343 e. The quantitative estimate of drug-likeness (QED) is 0.0698. The van der Waals surface area contributed by atoms with E-state index in [-0.39, 0.29) is 68.0 Å². The zero-order valence-corrected chi connectivity index (χ0v) is 31.8. The molecule has 1 aromatic carbocycles. The number of aromatic nitrogens is 2. The molecule has 0 saturated heterocycles. The number of pyridine rings is 2. The summed E-state index contributed by atoms with van der Waals surface area (Å²) >= 11 is 0. The lowest BCUT2D eigenvalue weighted by molar-refractivity contribution is -0.172. The van der Waals surface area contributed by atoms with E-state index >= 15 is 0 Å². The number of hydrogen-bond donors (Lipinski definition) is 4. The van der Waals surface area contributed by atoms with Crippen LogP contribution in [0.3, 0.4) is 0 Å². The van der Waals surface area contributed by atoms with Crippen molar-refractivity contribution in [2.24, 2.45) is 11.1 Å². The minimum atomic E-state index is -1.92. The molecular weight excluding hydrogens is 694 g/mol. The zero-order valence-electron chi connectivity index (χ0n) is 31.8. The van der Waals surface area contributed by atoms with Crippen molar-refractivity contribution in [3.05, 3.63) is 56.9 Å². The SMILES string of the molecule is CCCCCCCC(=O)NC(CC(N)=O)C(=O)NCCC(C)(C)C(=O)Oc1ccc2nc3c(c(CC)c2c1)Cn1c-3cc2c(c1=O)COC(=O)[C@]2(O)CC. The number of nitrogens with zero attached hydrogens (tertiary/aromatic N) is 2. The van der Waals surface area contributed by atoms with E-state index in [0.29, 0.717) is 35.5 Å². The van der Waals surface area contributed by atoms with Crippen molar-refractivity contribution in [3.63, 3.8) is 0 Å². The number of carbonyl (C=O) groups excluding carboxylic acids is 5. The molecular formula is C40H51N5O9. The average Bonchev–Trinajstić information content (AvgIpc) is 3.50. The molecule has 14 heteroatoms. The Morgan fingerprint density at radius 1 is 1.07 bits per heavy atom. The van der Waals surface area contributed by atoms with E-state index in [9.17, 15) is 33.9 Å². The fourth-order valence-electron chi connectivity index (χ4n) is 7.14. The molecule has 3 amide bonds. The number of unbranched alkanes of at least 4 members (excludes halogenated alkanes) is 4. The first-order valence-electron chi connectivity index (χ1n) is 18.8. The van der Waals surface area contributed by atoms with Gasteiger partial charge in [-0.3, -0.25) is 24.0 Å². The lowest BCUT2D eigenvalue weighted by atomic mass is 9.86.